The summed E-state index contributed by atoms with van der Waals surface area (Å²) >= 11 is 0. The maximum absolute atomic E-state index is 12.1. The largest absolute Gasteiger partial charge is 0.382 e. The molecule has 2 aromatic rings. The molecule has 1 aromatic carbocycles. The smallest absolute Gasteiger partial charge is 0.240 e. The minimum atomic E-state index is 0.0112. The molecule has 0 spiro atoms. The second-order valence-electron chi connectivity index (χ2n) is 5.57. The number of amides is 1. The number of fused-ring (bicyclic) bond motifs is 1. The van der Waals surface area contributed by atoms with Crippen LogP contribution in [0.4, 0.5) is 0 Å². The van der Waals surface area contributed by atoms with Gasteiger partial charge in [0.15, 0.2) is 0 Å². The maximum atomic E-state index is 12.1. The van der Waals surface area contributed by atoms with Crippen LogP contribution in [0.1, 0.15) is 30.3 Å². The van der Waals surface area contributed by atoms with Gasteiger partial charge in [0.05, 0.1) is 11.0 Å². The molecule has 1 aromatic heterocycles. The predicted octanol–water partition coefficient (Wildman–Crippen LogP) is 2.50. The summed E-state index contributed by atoms with van der Waals surface area (Å²) in [5.41, 5.74) is 4.40. The van der Waals surface area contributed by atoms with Gasteiger partial charge < -0.3 is 14.6 Å². The number of carbonyl (C=O) groups is 1. The first-order chi connectivity index (χ1) is 10.5. The fraction of sp³-hybridized carbons (Fsp3) is 0.529. The van der Waals surface area contributed by atoms with Crippen LogP contribution in [0.15, 0.2) is 12.1 Å². The lowest BCUT2D eigenvalue weighted by Crippen LogP contribution is -2.29. The first-order valence-electron chi connectivity index (χ1n) is 7.81. The van der Waals surface area contributed by atoms with Gasteiger partial charge in [-0.25, -0.2) is 4.98 Å². The second-order valence-corrected chi connectivity index (χ2v) is 5.57. The van der Waals surface area contributed by atoms with Gasteiger partial charge in [-0.1, -0.05) is 0 Å². The van der Waals surface area contributed by atoms with Crippen molar-refractivity contribution in [1.29, 1.82) is 0 Å². The van der Waals surface area contributed by atoms with Crippen molar-refractivity contribution >= 4 is 16.9 Å². The number of aryl methyl sites for hydroxylation is 3. The molecule has 0 saturated carbocycles. The van der Waals surface area contributed by atoms with Crippen molar-refractivity contribution in [1.82, 2.24) is 14.9 Å². The van der Waals surface area contributed by atoms with E-state index in [2.05, 4.69) is 36.3 Å². The Bertz CT molecular complexity index is 661. The molecule has 120 valence electrons. The molecule has 0 unspecified atom stereocenters. The summed E-state index contributed by atoms with van der Waals surface area (Å²) < 4.78 is 7.23. The van der Waals surface area contributed by atoms with E-state index in [4.69, 9.17) is 4.74 Å². The third-order valence-corrected chi connectivity index (χ3v) is 3.85. The zero-order chi connectivity index (χ0) is 16.1. The molecule has 1 heterocycles. The molecular formula is C17H25N3O2. The molecule has 0 radical (unpaired) electrons. The average molecular weight is 303 g/mol. The summed E-state index contributed by atoms with van der Waals surface area (Å²) in [7, 11) is 0. The van der Waals surface area contributed by atoms with Crippen LogP contribution in [0.3, 0.4) is 0 Å². The lowest BCUT2D eigenvalue weighted by Gasteiger charge is -2.09. The standard InChI is InChI=1S/C17H25N3O2/c1-5-22-8-6-7-18-17(21)11-20-14(4)19-15-9-12(2)13(3)10-16(15)20/h9-10H,5-8,11H2,1-4H3,(H,18,21). The van der Waals surface area contributed by atoms with Gasteiger partial charge in [0.1, 0.15) is 12.4 Å². The molecule has 0 aliphatic heterocycles. The van der Waals surface area contributed by atoms with Gasteiger partial charge >= 0.3 is 0 Å². The zero-order valence-electron chi connectivity index (χ0n) is 13.9. The highest BCUT2D eigenvalue weighted by Gasteiger charge is 2.12. The third kappa shape index (κ3) is 3.85. The average Bonchev–Trinajstić information content (AvgIpc) is 2.75. The Morgan fingerprint density at radius 1 is 1.27 bits per heavy atom. The lowest BCUT2D eigenvalue weighted by molar-refractivity contribution is -0.121. The normalized spacial score (nSPS) is 11.1. The van der Waals surface area contributed by atoms with Crippen LogP contribution in [0.5, 0.6) is 0 Å². The highest BCUT2D eigenvalue weighted by molar-refractivity contribution is 5.82. The van der Waals surface area contributed by atoms with Crippen LogP contribution >= 0.6 is 0 Å². The van der Waals surface area contributed by atoms with Gasteiger partial charge in [-0.05, 0) is 57.4 Å². The van der Waals surface area contributed by atoms with E-state index in [1.165, 1.54) is 11.1 Å². The molecule has 0 saturated heterocycles. The predicted molar refractivity (Wildman–Crippen MR) is 88.1 cm³/mol. The van der Waals surface area contributed by atoms with Crippen LogP contribution in [0.25, 0.3) is 11.0 Å². The van der Waals surface area contributed by atoms with Crippen molar-refractivity contribution in [3.05, 3.63) is 29.1 Å². The van der Waals surface area contributed by atoms with E-state index < -0.39 is 0 Å². The van der Waals surface area contributed by atoms with Crippen LogP contribution in [-0.2, 0) is 16.1 Å². The van der Waals surface area contributed by atoms with Crippen LogP contribution in [-0.4, -0.2) is 35.2 Å². The Balaban J connectivity index is 2.03. The van der Waals surface area contributed by atoms with Crippen molar-refractivity contribution in [2.75, 3.05) is 19.8 Å². The number of imidazole rings is 1. The van der Waals surface area contributed by atoms with Crippen molar-refractivity contribution < 1.29 is 9.53 Å². The number of hydrogen-bond acceptors (Lipinski definition) is 3. The summed E-state index contributed by atoms with van der Waals surface area (Å²) in [6.45, 7) is 10.4. The molecular weight excluding hydrogens is 278 g/mol. The van der Waals surface area contributed by atoms with Crippen LogP contribution in [0.2, 0.25) is 0 Å². The summed E-state index contributed by atoms with van der Waals surface area (Å²) in [6, 6.07) is 4.18. The molecule has 5 nitrogen and oxygen atoms in total. The Kier molecular flexibility index (Phi) is 5.55. The Labute approximate surface area is 131 Å². The van der Waals surface area contributed by atoms with Crippen molar-refractivity contribution in [3.8, 4) is 0 Å². The quantitative estimate of drug-likeness (QED) is 0.800. The minimum Gasteiger partial charge on any atom is -0.382 e. The molecule has 5 heteroatoms. The summed E-state index contributed by atoms with van der Waals surface area (Å²) in [6.07, 6.45) is 0.835. The van der Waals surface area contributed by atoms with Crippen LogP contribution < -0.4 is 5.32 Å². The summed E-state index contributed by atoms with van der Waals surface area (Å²) in [4.78, 5) is 16.6. The van der Waals surface area contributed by atoms with E-state index in [0.717, 1.165) is 23.3 Å². The van der Waals surface area contributed by atoms with Gasteiger partial charge in [0.2, 0.25) is 5.91 Å². The van der Waals surface area contributed by atoms with E-state index in [0.29, 0.717) is 26.3 Å². The molecule has 0 aliphatic rings. The molecule has 1 amide bonds. The number of carbonyl (C=O) groups excluding carboxylic acids is 1. The van der Waals surface area contributed by atoms with E-state index in [9.17, 15) is 4.79 Å². The SMILES string of the molecule is CCOCCCNC(=O)Cn1c(C)nc2cc(C)c(C)cc21. The Hall–Kier alpha value is -1.88. The van der Waals surface area contributed by atoms with Gasteiger partial charge in [0.25, 0.3) is 0 Å². The molecule has 2 rings (SSSR count). The highest BCUT2D eigenvalue weighted by atomic mass is 16.5. The molecule has 1 N–H and O–H groups in total. The fourth-order valence-corrected chi connectivity index (χ4v) is 2.45. The van der Waals surface area contributed by atoms with Gasteiger partial charge in [-0.2, -0.15) is 0 Å². The molecule has 0 bridgehead atoms. The molecule has 22 heavy (non-hydrogen) atoms. The zero-order valence-corrected chi connectivity index (χ0v) is 13.9. The monoisotopic (exact) mass is 303 g/mol. The molecule has 0 fully saturated rings. The fourth-order valence-electron chi connectivity index (χ4n) is 2.45. The third-order valence-electron chi connectivity index (χ3n) is 3.85. The van der Waals surface area contributed by atoms with Crippen LogP contribution in [0, 0.1) is 20.8 Å². The highest BCUT2D eigenvalue weighted by Crippen LogP contribution is 2.20. The van der Waals surface area contributed by atoms with Crippen molar-refractivity contribution in [2.24, 2.45) is 0 Å². The summed E-state index contributed by atoms with van der Waals surface area (Å²) in [5, 5.41) is 2.93. The maximum Gasteiger partial charge on any atom is 0.240 e. The number of nitrogens with zero attached hydrogens (tertiary/aromatic N) is 2. The number of ether oxygens (including phenoxy) is 1. The van der Waals surface area contributed by atoms with Crippen molar-refractivity contribution in [3.63, 3.8) is 0 Å². The van der Waals surface area contributed by atoms with Gasteiger partial charge in [-0.3, -0.25) is 4.79 Å². The number of aromatic nitrogens is 2. The first kappa shape index (κ1) is 16.5. The molecule has 0 aliphatic carbocycles. The first-order valence-corrected chi connectivity index (χ1v) is 7.81. The Morgan fingerprint density at radius 3 is 2.73 bits per heavy atom. The number of benzene rings is 1. The number of rotatable bonds is 7. The number of hydrogen-bond donors (Lipinski definition) is 1. The van der Waals surface area contributed by atoms with E-state index >= 15 is 0 Å². The topological polar surface area (TPSA) is 56.1 Å². The van der Waals surface area contributed by atoms with E-state index in [1.54, 1.807) is 0 Å². The van der Waals surface area contributed by atoms with E-state index in [-0.39, 0.29) is 5.91 Å². The second kappa shape index (κ2) is 7.40. The van der Waals surface area contributed by atoms with E-state index in [1.807, 2.05) is 18.4 Å². The van der Waals surface area contributed by atoms with Gasteiger partial charge in [-0.15, -0.1) is 0 Å². The minimum absolute atomic E-state index is 0.0112. The van der Waals surface area contributed by atoms with Crippen molar-refractivity contribution in [2.45, 2.75) is 40.7 Å². The number of nitrogens with one attached hydrogen (secondary N) is 1. The Morgan fingerprint density at radius 2 is 2.00 bits per heavy atom. The summed E-state index contributed by atoms with van der Waals surface area (Å²) in [5.74, 6) is 0.876. The molecule has 0 atom stereocenters. The lowest BCUT2D eigenvalue weighted by atomic mass is 10.1. The van der Waals surface area contributed by atoms with Gasteiger partial charge in [0, 0.05) is 19.8 Å².